The summed E-state index contributed by atoms with van der Waals surface area (Å²) >= 11 is 0. The monoisotopic (exact) mass is 489 g/mol. The number of carbonyl (C=O) groups is 2. The number of carbonyl (C=O) groups excluding carboxylic acids is 2. The number of nitrogens with two attached hydrogens (primary N) is 1. The molecule has 10 nitrogen and oxygen atoms in total. The third-order valence-electron chi connectivity index (χ3n) is 5.45. The SMILES string of the molecule is COc1cc2nccc(Oc3ccc(NC(=O)Nc4cc(C(C)(C)C)on4)c(C)c3)c2cc1C(N)=O. The van der Waals surface area contributed by atoms with Crippen molar-refractivity contribution in [3.63, 3.8) is 0 Å². The number of ether oxygens (including phenoxy) is 2. The first kappa shape index (κ1) is 24.5. The lowest BCUT2D eigenvalue weighted by Crippen LogP contribution is -2.20. The Morgan fingerprint density at radius 3 is 2.44 bits per heavy atom. The van der Waals surface area contributed by atoms with Gasteiger partial charge in [0.2, 0.25) is 0 Å². The quantitative estimate of drug-likeness (QED) is 0.330. The topological polar surface area (TPSA) is 142 Å². The molecule has 3 amide bonds. The molecule has 4 aromatic rings. The first-order chi connectivity index (χ1) is 17.0. The van der Waals surface area contributed by atoms with Gasteiger partial charge in [-0.15, -0.1) is 0 Å². The van der Waals surface area contributed by atoms with E-state index in [9.17, 15) is 9.59 Å². The minimum Gasteiger partial charge on any atom is -0.496 e. The molecule has 4 rings (SSSR count). The van der Waals surface area contributed by atoms with Gasteiger partial charge in [0, 0.05) is 34.8 Å². The number of hydrogen-bond acceptors (Lipinski definition) is 7. The highest BCUT2D eigenvalue weighted by Crippen LogP contribution is 2.34. The molecule has 10 heteroatoms. The Labute approximate surface area is 207 Å². The lowest BCUT2D eigenvalue weighted by Gasteiger charge is -2.13. The summed E-state index contributed by atoms with van der Waals surface area (Å²) in [5.74, 6) is 1.74. The van der Waals surface area contributed by atoms with Crippen LogP contribution in [-0.2, 0) is 5.41 Å². The summed E-state index contributed by atoms with van der Waals surface area (Å²) < 4.78 is 16.6. The summed E-state index contributed by atoms with van der Waals surface area (Å²) in [6, 6.07) is 11.4. The second kappa shape index (κ2) is 9.57. The molecule has 0 saturated carbocycles. The van der Waals surface area contributed by atoms with Gasteiger partial charge in [-0.25, -0.2) is 4.79 Å². The zero-order valence-electron chi connectivity index (χ0n) is 20.6. The average Bonchev–Trinajstić information content (AvgIpc) is 3.29. The second-order valence-electron chi connectivity index (χ2n) is 9.23. The minimum atomic E-state index is -0.617. The highest BCUT2D eigenvalue weighted by atomic mass is 16.5. The number of methoxy groups -OCH3 is 1. The molecule has 4 N–H and O–H groups in total. The standard InChI is InChI=1S/C26H27N5O5/c1-14-10-15(6-7-18(14)29-25(33)30-23-13-22(36-31-23)26(2,3)4)35-20-8-9-28-19-12-21(34-5)17(24(27)32)11-16(19)20/h6-13H,1-5H3,(H2,27,32)(H2,29,30,31,33). The van der Waals surface area contributed by atoms with Gasteiger partial charge in [0.15, 0.2) is 5.82 Å². The van der Waals surface area contributed by atoms with Gasteiger partial charge in [0.05, 0.1) is 18.2 Å². The zero-order valence-corrected chi connectivity index (χ0v) is 20.6. The normalized spacial score (nSPS) is 11.2. The molecular formula is C26H27N5O5. The number of aromatic nitrogens is 2. The molecule has 0 aliphatic heterocycles. The van der Waals surface area contributed by atoms with Crippen molar-refractivity contribution in [1.82, 2.24) is 10.1 Å². The number of nitrogens with zero attached hydrogens (tertiary/aromatic N) is 2. The number of pyridine rings is 1. The molecule has 0 atom stereocenters. The average molecular weight is 490 g/mol. The third kappa shape index (κ3) is 5.22. The maximum atomic E-state index is 12.5. The summed E-state index contributed by atoms with van der Waals surface area (Å²) in [7, 11) is 1.46. The molecule has 186 valence electrons. The lowest BCUT2D eigenvalue weighted by atomic mass is 9.93. The maximum Gasteiger partial charge on any atom is 0.324 e. The summed E-state index contributed by atoms with van der Waals surface area (Å²) in [5, 5.41) is 9.96. The Morgan fingerprint density at radius 2 is 1.81 bits per heavy atom. The van der Waals surface area contributed by atoms with Crippen molar-refractivity contribution in [3.05, 3.63) is 65.5 Å². The van der Waals surface area contributed by atoms with E-state index in [4.69, 9.17) is 19.7 Å². The van der Waals surface area contributed by atoms with Crippen molar-refractivity contribution < 1.29 is 23.6 Å². The van der Waals surface area contributed by atoms with E-state index in [1.807, 2.05) is 27.7 Å². The second-order valence-corrected chi connectivity index (χ2v) is 9.23. The number of aryl methyl sites for hydroxylation is 1. The Balaban J connectivity index is 1.51. The summed E-state index contributed by atoms with van der Waals surface area (Å²) in [5.41, 5.74) is 7.47. The van der Waals surface area contributed by atoms with Crippen LogP contribution in [0.1, 0.15) is 42.5 Å². The number of anilines is 2. The van der Waals surface area contributed by atoms with Crippen molar-refractivity contribution in [3.8, 4) is 17.2 Å². The summed E-state index contributed by atoms with van der Waals surface area (Å²) in [6.45, 7) is 7.82. The molecule has 0 saturated heterocycles. The first-order valence-corrected chi connectivity index (χ1v) is 11.2. The van der Waals surface area contributed by atoms with Gasteiger partial charge in [-0.2, -0.15) is 0 Å². The van der Waals surface area contributed by atoms with Gasteiger partial charge < -0.3 is 25.0 Å². The van der Waals surface area contributed by atoms with Crippen molar-refractivity contribution in [2.24, 2.45) is 5.73 Å². The van der Waals surface area contributed by atoms with Crippen LogP contribution in [0.2, 0.25) is 0 Å². The maximum absolute atomic E-state index is 12.5. The lowest BCUT2D eigenvalue weighted by molar-refractivity contribution is 0.0997. The molecule has 2 aromatic heterocycles. The highest BCUT2D eigenvalue weighted by Gasteiger charge is 2.20. The van der Waals surface area contributed by atoms with E-state index in [0.29, 0.717) is 45.4 Å². The number of nitrogens with one attached hydrogen (secondary N) is 2. The fourth-order valence-electron chi connectivity index (χ4n) is 3.52. The summed E-state index contributed by atoms with van der Waals surface area (Å²) in [6.07, 6.45) is 1.60. The van der Waals surface area contributed by atoms with Crippen molar-refractivity contribution in [1.29, 1.82) is 0 Å². The van der Waals surface area contributed by atoms with Crippen molar-refractivity contribution in [2.75, 3.05) is 17.7 Å². The number of fused-ring (bicyclic) bond motifs is 1. The van der Waals surface area contributed by atoms with Gasteiger partial charge in [-0.3, -0.25) is 15.1 Å². The predicted molar refractivity (Wildman–Crippen MR) is 136 cm³/mol. The van der Waals surface area contributed by atoms with E-state index in [1.54, 1.807) is 48.7 Å². The van der Waals surface area contributed by atoms with E-state index >= 15 is 0 Å². The van der Waals surface area contributed by atoms with E-state index < -0.39 is 11.9 Å². The molecule has 0 aliphatic carbocycles. The zero-order chi connectivity index (χ0) is 26.0. The molecule has 2 heterocycles. The van der Waals surface area contributed by atoms with Crippen LogP contribution in [-0.4, -0.2) is 29.2 Å². The van der Waals surface area contributed by atoms with Crippen LogP contribution in [0.4, 0.5) is 16.3 Å². The van der Waals surface area contributed by atoms with Crippen LogP contribution < -0.4 is 25.8 Å². The molecule has 0 unspecified atom stereocenters. The molecule has 0 bridgehead atoms. The van der Waals surface area contributed by atoms with Gasteiger partial charge >= 0.3 is 6.03 Å². The van der Waals surface area contributed by atoms with Crippen molar-refractivity contribution >= 4 is 34.3 Å². The van der Waals surface area contributed by atoms with Crippen LogP contribution in [0.3, 0.4) is 0 Å². The number of primary amides is 1. The van der Waals surface area contributed by atoms with Crippen molar-refractivity contribution in [2.45, 2.75) is 33.1 Å². The predicted octanol–water partition coefficient (Wildman–Crippen LogP) is 5.37. The van der Waals surface area contributed by atoms with Crippen LogP contribution >= 0.6 is 0 Å². The molecule has 0 aliphatic rings. The molecule has 0 spiro atoms. The Bertz CT molecular complexity index is 1460. The number of benzene rings is 2. The first-order valence-electron chi connectivity index (χ1n) is 11.2. The number of hydrogen-bond donors (Lipinski definition) is 3. The Morgan fingerprint density at radius 1 is 1.03 bits per heavy atom. The largest absolute Gasteiger partial charge is 0.496 e. The number of urea groups is 1. The van der Waals surface area contributed by atoms with E-state index in [1.165, 1.54) is 7.11 Å². The number of amides is 3. The molecule has 0 radical (unpaired) electrons. The smallest absolute Gasteiger partial charge is 0.324 e. The van der Waals surface area contributed by atoms with Gasteiger partial charge in [0.25, 0.3) is 5.91 Å². The van der Waals surface area contributed by atoms with E-state index in [0.717, 1.165) is 5.56 Å². The highest BCUT2D eigenvalue weighted by molar-refractivity contribution is 6.01. The van der Waals surface area contributed by atoms with Crippen LogP contribution in [0.25, 0.3) is 10.9 Å². The molecule has 2 aromatic carbocycles. The van der Waals surface area contributed by atoms with Gasteiger partial charge in [-0.05, 0) is 42.8 Å². The third-order valence-corrected chi connectivity index (χ3v) is 5.45. The summed E-state index contributed by atoms with van der Waals surface area (Å²) in [4.78, 5) is 28.6. The van der Waals surface area contributed by atoms with E-state index in [2.05, 4.69) is 20.8 Å². The van der Waals surface area contributed by atoms with Gasteiger partial charge in [0.1, 0.15) is 23.0 Å². The van der Waals surface area contributed by atoms with E-state index in [-0.39, 0.29) is 11.0 Å². The fraction of sp³-hybridized carbons (Fsp3) is 0.231. The Kier molecular flexibility index (Phi) is 6.52. The van der Waals surface area contributed by atoms with Crippen LogP contribution in [0.15, 0.2) is 53.2 Å². The van der Waals surface area contributed by atoms with Crippen LogP contribution in [0, 0.1) is 6.92 Å². The van der Waals surface area contributed by atoms with Crippen LogP contribution in [0.5, 0.6) is 17.2 Å². The Hall–Kier alpha value is -4.60. The minimum absolute atomic E-state index is 0.219. The molecule has 36 heavy (non-hydrogen) atoms. The fourth-order valence-corrected chi connectivity index (χ4v) is 3.52. The number of rotatable bonds is 6. The molecule has 0 fully saturated rings. The van der Waals surface area contributed by atoms with Gasteiger partial charge in [-0.1, -0.05) is 25.9 Å². The molecular weight excluding hydrogens is 462 g/mol.